The third-order valence-electron chi connectivity index (χ3n) is 3.82. The average Bonchev–Trinajstić information content (AvgIpc) is 2.62. The Balaban J connectivity index is 1.76. The van der Waals surface area contributed by atoms with Crippen molar-refractivity contribution >= 4 is 11.6 Å². The molecule has 1 atom stereocenters. The molecular formula is C18H17F3N2O3. The third-order valence-corrected chi connectivity index (χ3v) is 3.82. The van der Waals surface area contributed by atoms with Crippen molar-refractivity contribution in [1.29, 1.82) is 0 Å². The molecule has 0 saturated carbocycles. The Morgan fingerprint density at radius 3 is 2.81 bits per heavy atom. The number of benzene rings is 1. The summed E-state index contributed by atoms with van der Waals surface area (Å²) in [7, 11) is 0. The van der Waals surface area contributed by atoms with Crippen molar-refractivity contribution in [1.82, 2.24) is 4.98 Å². The number of pyridine rings is 1. The fourth-order valence-electron chi connectivity index (χ4n) is 2.64. The molecule has 0 spiro atoms. The first-order valence-electron chi connectivity index (χ1n) is 8.02. The van der Waals surface area contributed by atoms with Gasteiger partial charge in [0.25, 0.3) is 5.91 Å². The van der Waals surface area contributed by atoms with Crippen molar-refractivity contribution in [3.63, 3.8) is 0 Å². The van der Waals surface area contributed by atoms with Crippen LogP contribution in [0.4, 0.5) is 18.9 Å². The van der Waals surface area contributed by atoms with Crippen molar-refractivity contribution in [3.8, 4) is 0 Å². The molecule has 2 aromatic rings. The minimum absolute atomic E-state index is 0.337. The van der Waals surface area contributed by atoms with Crippen LogP contribution in [-0.2, 0) is 27.3 Å². The molecule has 3 rings (SSSR count). The monoisotopic (exact) mass is 366 g/mol. The van der Waals surface area contributed by atoms with Gasteiger partial charge in [-0.05, 0) is 11.6 Å². The summed E-state index contributed by atoms with van der Waals surface area (Å²) in [5.74, 6) is -0.695. The number of anilines is 1. The molecule has 0 radical (unpaired) electrons. The highest BCUT2D eigenvalue weighted by atomic mass is 19.4. The number of hydrogen-bond donors (Lipinski definition) is 1. The molecule has 0 fully saturated rings. The van der Waals surface area contributed by atoms with E-state index in [9.17, 15) is 18.0 Å². The van der Waals surface area contributed by atoms with Gasteiger partial charge < -0.3 is 14.8 Å². The second-order valence-electron chi connectivity index (χ2n) is 5.84. The van der Waals surface area contributed by atoms with Crippen molar-refractivity contribution in [2.45, 2.75) is 25.3 Å². The number of amides is 1. The summed E-state index contributed by atoms with van der Waals surface area (Å²) in [4.78, 5) is 16.8. The van der Waals surface area contributed by atoms with Crippen molar-refractivity contribution < 1.29 is 27.4 Å². The fraction of sp³-hybridized carbons (Fsp3) is 0.333. The number of carbonyl (C=O) groups excluding carboxylic acids is 1. The van der Waals surface area contributed by atoms with Crippen LogP contribution in [0.5, 0.6) is 0 Å². The zero-order chi connectivity index (χ0) is 18.6. The van der Waals surface area contributed by atoms with Crippen LogP contribution >= 0.6 is 0 Å². The predicted octanol–water partition coefficient (Wildman–Crippen LogP) is 3.41. The lowest BCUT2D eigenvalue weighted by atomic mass is 10.1. The molecule has 1 aliphatic rings. The summed E-state index contributed by atoms with van der Waals surface area (Å²) in [6.07, 6.45) is -3.75. The number of aromatic nitrogens is 1. The second kappa shape index (κ2) is 7.84. The molecule has 26 heavy (non-hydrogen) atoms. The predicted molar refractivity (Wildman–Crippen MR) is 87.4 cm³/mol. The number of rotatable bonds is 5. The van der Waals surface area contributed by atoms with E-state index in [0.717, 1.165) is 11.3 Å². The molecule has 0 bridgehead atoms. The van der Waals surface area contributed by atoms with E-state index in [1.807, 2.05) is 0 Å². The Labute approximate surface area is 148 Å². The Hall–Kier alpha value is -2.45. The lowest BCUT2D eigenvalue weighted by Gasteiger charge is -2.20. The number of hydrogen-bond acceptors (Lipinski definition) is 4. The molecule has 1 unspecified atom stereocenters. The zero-order valence-electron chi connectivity index (χ0n) is 13.8. The van der Waals surface area contributed by atoms with Crippen LogP contribution in [0.15, 0.2) is 42.6 Å². The second-order valence-corrected chi connectivity index (χ2v) is 5.84. The molecule has 8 heteroatoms. The summed E-state index contributed by atoms with van der Waals surface area (Å²) in [5, 5.41) is 2.58. The maximum absolute atomic E-state index is 12.5. The van der Waals surface area contributed by atoms with E-state index in [-0.39, 0.29) is 0 Å². The molecule has 1 aromatic heterocycles. The number of fused-ring (bicyclic) bond motifs is 1. The van der Waals surface area contributed by atoms with Crippen LogP contribution in [0, 0.1) is 0 Å². The lowest BCUT2D eigenvalue weighted by Crippen LogP contribution is -2.28. The van der Waals surface area contributed by atoms with E-state index >= 15 is 0 Å². The maximum Gasteiger partial charge on any atom is 0.411 e. The van der Waals surface area contributed by atoms with E-state index in [2.05, 4.69) is 10.3 Å². The summed E-state index contributed by atoms with van der Waals surface area (Å²) in [5.41, 5.74) is 2.46. The normalized spacial score (nSPS) is 15.2. The molecule has 0 saturated heterocycles. The highest BCUT2D eigenvalue weighted by molar-refractivity contribution is 5.94. The van der Waals surface area contributed by atoms with E-state index in [4.69, 9.17) is 9.47 Å². The number of nitrogens with zero attached hydrogens (tertiary/aromatic N) is 1. The molecule has 5 nitrogen and oxygen atoms in total. The SMILES string of the molecule is O=C(Nc1cnc2c(c1)COCC2)C(OCC(F)(F)F)c1ccccc1. The molecule has 2 heterocycles. The topological polar surface area (TPSA) is 60.5 Å². The fourth-order valence-corrected chi connectivity index (χ4v) is 2.64. The minimum Gasteiger partial charge on any atom is -0.376 e. The van der Waals surface area contributed by atoms with Crippen molar-refractivity contribution in [3.05, 3.63) is 59.4 Å². The number of nitrogens with one attached hydrogen (secondary N) is 1. The summed E-state index contributed by atoms with van der Waals surface area (Å²) < 4.78 is 47.8. The Morgan fingerprint density at radius 2 is 2.08 bits per heavy atom. The Kier molecular flexibility index (Phi) is 5.53. The summed E-state index contributed by atoms with van der Waals surface area (Å²) in [6.45, 7) is -0.540. The molecule has 1 aliphatic heterocycles. The lowest BCUT2D eigenvalue weighted by molar-refractivity contribution is -0.187. The highest BCUT2D eigenvalue weighted by Gasteiger charge is 2.32. The molecular weight excluding hydrogens is 349 g/mol. The minimum atomic E-state index is -4.53. The Bertz CT molecular complexity index is 766. The standard InChI is InChI=1S/C18H17F3N2O3/c19-18(20,21)11-26-16(12-4-2-1-3-5-12)17(24)23-14-8-13-10-25-7-6-15(13)22-9-14/h1-5,8-9,16H,6-7,10-11H2,(H,23,24). The summed E-state index contributed by atoms with van der Waals surface area (Å²) in [6, 6.07) is 9.76. The Morgan fingerprint density at radius 1 is 1.31 bits per heavy atom. The van der Waals surface area contributed by atoms with Crippen LogP contribution in [0.2, 0.25) is 0 Å². The number of alkyl halides is 3. The maximum atomic E-state index is 12.5. The van der Waals surface area contributed by atoms with Gasteiger partial charge in [0.15, 0.2) is 6.10 Å². The van der Waals surface area contributed by atoms with Crippen molar-refractivity contribution in [2.24, 2.45) is 0 Å². The van der Waals surface area contributed by atoms with Crippen LogP contribution in [0.3, 0.4) is 0 Å². The van der Waals surface area contributed by atoms with Gasteiger partial charge in [-0.2, -0.15) is 13.2 Å². The number of halogens is 3. The van der Waals surface area contributed by atoms with Gasteiger partial charge in [-0.15, -0.1) is 0 Å². The number of carbonyl (C=O) groups is 1. The average molecular weight is 366 g/mol. The van der Waals surface area contributed by atoms with Gasteiger partial charge in [0.2, 0.25) is 0 Å². The summed E-state index contributed by atoms with van der Waals surface area (Å²) >= 11 is 0. The zero-order valence-corrected chi connectivity index (χ0v) is 13.8. The van der Waals surface area contributed by atoms with E-state index in [1.165, 1.54) is 6.20 Å². The van der Waals surface area contributed by atoms with E-state index in [0.29, 0.717) is 30.9 Å². The quantitative estimate of drug-likeness (QED) is 0.881. The molecule has 138 valence electrons. The van der Waals surface area contributed by atoms with Gasteiger partial charge in [-0.1, -0.05) is 30.3 Å². The highest BCUT2D eigenvalue weighted by Crippen LogP contribution is 2.25. The molecule has 1 amide bonds. The smallest absolute Gasteiger partial charge is 0.376 e. The first-order valence-corrected chi connectivity index (χ1v) is 8.02. The van der Waals surface area contributed by atoms with E-state index < -0.39 is 24.8 Å². The molecule has 0 aliphatic carbocycles. The van der Waals surface area contributed by atoms with Gasteiger partial charge >= 0.3 is 6.18 Å². The van der Waals surface area contributed by atoms with Gasteiger partial charge in [-0.25, -0.2) is 0 Å². The van der Waals surface area contributed by atoms with Gasteiger partial charge in [0.05, 0.1) is 25.1 Å². The van der Waals surface area contributed by atoms with Crippen LogP contribution in [-0.4, -0.2) is 30.3 Å². The molecule has 1 N–H and O–H groups in total. The van der Waals surface area contributed by atoms with Crippen LogP contribution in [0.25, 0.3) is 0 Å². The first kappa shape index (κ1) is 18.3. The number of ether oxygens (including phenoxy) is 2. The van der Waals surface area contributed by atoms with E-state index in [1.54, 1.807) is 36.4 Å². The molecule has 1 aromatic carbocycles. The van der Waals surface area contributed by atoms with Crippen LogP contribution < -0.4 is 5.32 Å². The van der Waals surface area contributed by atoms with Gasteiger partial charge in [0, 0.05) is 17.7 Å². The third kappa shape index (κ3) is 4.80. The van der Waals surface area contributed by atoms with Crippen LogP contribution in [0.1, 0.15) is 22.9 Å². The largest absolute Gasteiger partial charge is 0.411 e. The first-order chi connectivity index (χ1) is 12.4. The van der Waals surface area contributed by atoms with Crippen molar-refractivity contribution in [2.75, 3.05) is 18.5 Å². The van der Waals surface area contributed by atoms with Gasteiger partial charge in [-0.3, -0.25) is 9.78 Å². The van der Waals surface area contributed by atoms with Gasteiger partial charge in [0.1, 0.15) is 6.61 Å².